The van der Waals surface area contributed by atoms with Crippen molar-refractivity contribution in [2.24, 2.45) is 5.92 Å². The first kappa shape index (κ1) is 5.84. The lowest BCUT2D eigenvalue weighted by atomic mass is 9.92. The highest BCUT2D eigenvalue weighted by atomic mass is 32.2. The second-order valence-corrected chi connectivity index (χ2v) is 4.19. The van der Waals surface area contributed by atoms with E-state index in [9.17, 15) is 0 Å². The number of allylic oxidation sites excluding steroid dienone is 2. The standard InChI is InChI=1S/C8H12S/c1-2-4-7(5-3-1)8-6-9-8/h1-2,7-8H,3-6H2. The van der Waals surface area contributed by atoms with Crippen molar-refractivity contribution in [2.75, 3.05) is 5.75 Å². The van der Waals surface area contributed by atoms with Crippen molar-refractivity contribution in [1.82, 2.24) is 0 Å². The van der Waals surface area contributed by atoms with Crippen LogP contribution in [0.3, 0.4) is 0 Å². The second kappa shape index (κ2) is 2.37. The summed E-state index contributed by atoms with van der Waals surface area (Å²) in [6.07, 6.45) is 8.82. The minimum atomic E-state index is 1.04. The van der Waals surface area contributed by atoms with Gasteiger partial charge in [-0.2, -0.15) is 11.8 Å². The zero-order valence-corrected chi connectivity index (χ0v) is 6.36. The van der Waals surface area contributed by atoms with E-state index in [1.54, 1.807) is 0 Å². The highest BCUT2D eigenvalue weighted by Crippen LogP contribution is 2.41. The Kier molecular flexibility index (Phi) is 1.54. The van der Waals surface area contributed by atoms with Gasteiger partial charge in [0.25, 0.3) is 0 Å². The van der Waals surface area contributed by atoms with Gasteiger partial charge in [0.1, 0.15) is 0 Å². The van der Waals surface area contributed by atoms with Gasteiger partial charge >= 0.3 is 0 Å². The van der Waals surface area contributed by atoms with Gasteiger partial charge in [0.2, 0.25) is 0 Å². The minimum Gasteiger partial charge on any atom is -0.156 e. The lowest BCUT2D eigenvalue weighted by Crippen LogP contribution is -2.07. The molecule has 0 N–H and O–H groups in total. The number of rotatable bonds is 1. The summed E-state index contributed by atoms with van der Waals surface area (Å²) in [6.45, 7) is 0. The quantitative estimate of drug-likeness (QED) is 0.398. The second-order valence-electron chi connectivity index (χ2n) is 2.92. The minimum absolute atomic E-state index is 1.04. The first-order valence-corrected chi connectivity index (χ1v) is 4.78. The summed E-state index contributed by atoms with van der Waals surface area (Å²) >= 11 is 2.14. The molecule has 1 saturated heterocycles. The van der Waals surface area contributed by atoms with Gasteiger partial charge < -0.3 is 0 Å². The Morgan fingerprint density at radius 3 is 2.78 bits per heavy atom. The molecular formula is C8H12S. The smallest absolute Gasteiger partial charge is 0.0170 e. The van der Waals surface area contributed by atoms with Gasteiger partial charge in [-0.1, -0.05) is 12.2 Å². The average Bonchev–Trinajstić information content (AvgIpc) is 2.71. The summed E-state index contributed by atoms with van der Waals surface area (Å²) in [5, 5.41) is 1.05. The van der Waals surface area contributed by atoms with Crippen molar-refractivity contribution in [3.63, 3.8) is 0 Å². The summed E-state index contributed by atoms with van der Waals surface area (Å²) in [7, 11) is 0. The van der Waals surface area contributed by atoms with E-state index in [2.05, 4.69) is 23.9 Å². The van der Waals surface area contributed by atoms with Crippen LogP contribution in [0.2, 0.25) is 0 Å². The van der Waals surface area contributed by atoms with Gasteiger partial charge in [0, 0.05) is 11.0 Å². The number of hydrogen-bond donors (Lipinski definition) is 0. The Morgan fingerprint density at radius 2 is 2.22 bits per heavy atom. The molecule has 1 heterocycles. The van der Waals surface area contributed by atoms with Gasteiger partial charge in [-0.3, -0.25) is 0 Å². The molecule has 2 unspecified atom stereocenters. The van der Waals surface area contributed by atoms with Gasteiger partial charge in [0.15, 0.2) is 0 Å². The van der Waals surface area contributed by atoms with Crippen molar-refractivity contribution in [3.8, 4) is 0 Å². The van der Waals surface area contributed by atoms with Crippen LogP contribution in [0.4, 0.5) is 0 Å². The Bertz CT molecular complexity index is 125. The molecule has 1 aliphatic heterocycles. The normalized spacial score (nSPS) is 40.9. The molecule has 50 valence electrons. The number of thioether (sulfide) groups is 1. The third-order valence-electron chi connectivity index (χ3n) is 2.19. The van der Waals surface area contributed by atoms with E-state index < -0.39 is 0 Å². The first-order chi connectivity index (χ1) is 4.47. The molecular weight excluding hydrogens is 128 g/mol. The molecule has 0 aromatic rings. The fraction of sp³-hybridized carbons (Fsp3) is 0.750. The molecule has 0 nitrogen and oxygen atoms in total. The summed E-state index contributed by atoms with van der Waals surface area (Å²) < 4.78 is 0. The maximum Gasteiger partial charge on any atom is 0.0170 e. The van der Waals surface area contributed by atoms with Crippen molar-refractivity contribution >= 4 is 11.8 Å². The molecule has 0 bridgehead atoms. The van der Waals surface area contributed by atoms with Crippen molar-refractivity contribution in [2.45, 2.75) is 24.5 Å². The highest BCUT2D eigenvalue weighted by molar-refractivity contribution is 8.06. The summed E-state index contributed by atoms with van der Waals surface area (Å²) in [6, 6.07) is 0. The lowest BCUT2D eigenvalue weighted by molar-refractivity contribution is 0.498. The van der Waals surface area contributed by atoms with Crippen LogP contribution in [-0.2, 0) is 0 Å². The zero-order valence-electron chi connectivity index (χ0n) is 5.55. The van der Waals surface area contributed by atoms with E-state index in [-0.39, 0.29) is 0 Å². The van der Waals surface area contributed by atoms with Crippen molar-refractivity contribution < 1.29 is 0 Å². The van der Waals surface area contributed by atoms with Crippen molar-refractivity contribution in [3.05, 3.63) is 12.2 Å². The Hall–Kier alpha value is 0.0900. The third-order valence-corrected chi connectivity index (χ3v) is 3.30. The van der Waals surface area contributed by atoms with Gasteiger partial charge in [-0.15, -0.1) is 0 Å². The Morgan fingerprint density at radius 1 is 1.33 bits per heavy atom. The zero-order chi connectivity index (χ0) is 6.10. The highest BCUT2D eigenvalue weighted by Gasteiger charge is 2.31. The summed E-state index contributed by atoms with van der Waals surface area (Å²) in [5.41, 5.74) is 0. The van der Waals surface area contributed by atoms with Crippen LogP contribution in [0.25, 0.3) is 0 Å². The summed E-state index contributed by atoms with van der Waals surface area (Å²) in [4.78, 5) is 0. The van der Waals surface area contributed by atoms with E-state index in [0.717, 1.165) is 11.2 Å². The molecule has 2 aliphatic rings. The molecule has 2 atom stereocenters. The summed E-state index contributed by atoms with van der Waals surface area (Å²) in [5.74, 6) is 2.48. The molecule has 1 aliphatic carbocycles. The van der Waals surface area contributed by atoms with Crippen LogP contribution in [0.15, 0.2) is 12.2 Å². The predicted octanol–water partition coefficient (Wildman–Crippen LogP) is 2.46. The molecule has 0 aromatic heterocycles. The van der Waals surface area contributed by atoms with Crippen LogP contribution in [0.5, 0.6) is 0 Å². The van der Waals surface area contributed by atoms with E-state index in [1.807, 2.05) is 0 Å². The van der Waals surface area contributed by atoms with E-state index in [0.29, 0.717) is 0 Å². The molecule has 2 rings (SSSR count). The predicted molar refractivity (Wildman–Crippen MR) is 42.7 cm³/mol. The molecule has 0 amide bonds. The average molecular weight is 140 g/mol. The van der Waals surface area contributed by atoms with E-state index in [1.165, 1.54) is 25.0 Å². The molecule has 0 saturated carbocycles. The van der Waals surface area contributed by atoms with Gasteiger partial charge in [0.05, 0.1) is 0 Å². The van der Waals surface area contributed by atoms with Gasteiger partial charge in [-0.25, -0.2) is 0 Å². The number of hydrogen-bond acceptors (Lipinski definition) is 1. The van der Waals surface area contributed by atoms with Crippen LogP contribution < -0.4 is 0 Å². The molecule has 9 heavy (non-hydrogen) atoms. The SMILES string of the molecule is C1=CCC(C2CS2)CC1. The fourth-order valence-corrected chi connectivity index (χ4v) is 2.39. The van der Waals surface area contributed by atoms with Gasteiger partial charge in [-0.05, 0) is 25.2 Å². The molecule has 1 heteroatoms. The van der Waals surface area contributed by atoms with Crippen LogP contribution in [0, 0.1) is 5.92 Å². The largest absolute Gasteiger partial charge is 0.156 e. The maximum atomic E-state index is 2.35. The fourth-order valence-electron chi connectivity index (χ4n) is 1.48. The molecule has 1 fully saturated rings. The monoisotopic (exact) mass is 140 g/mol. The topological polar surface area (TPSA) is 0 Å². The Labute approximate surface area is 60.7 Å². The van der Waals surface area contributed by atoms with Crippen LogP contribution in [0.1, 0.15) is 19.3 Å². The maximum absolute atomic E-state index is 2.35. The van der Waals surface area contributed by atoms with Crippen molar-refractivity contribution in [1.29, 1.82) is 0 Å². The van der Waals surface area contributed by atoms with Crippen LogP contribution in [-0.4, -0.2) is 11.0 Å². The van der Waals surface area contributed by atoms with E-state index in [4.69, 9.17) is 0 Å². The first-order valence-electron chi connectivity index (χ1n) is 3.73. The third kappa shape index (κ3) is 1.32. The Balaban J connectivity index is 1.89. The lowest BCUT2D eigenvalue weighted by Gasteiger charge is -2.14. The van der Waals surface area contributed by atoms with Crippen LogP contribution >= 0.6 is 11.8 Å². The molecule has 0 radical (unpaired) electrons. The van der Waals surface area contributed by atoms with E-state index >= 15 is 0 Å². The molecule has 0 aromatic carbocycles. The molecule has 0 spiro atoms.